The molecule has 0 radical (unpaired) electrons. The number of fused-ring (bicyclic) bond motifs is 1. The highest BCUT2D eigenvalue weighted by atomic mass is 16.5. The Kier molecular flexibility index (Phi) is 1.66. The van der Waals surface area contributed by atoms with Crippen LogP contribution in [0.5, 0.6) is 0 Å². The van der Waals surface area contributed by atoms with Crippen molar-refractivity contribution in [2.75, 3.05) is 19.7 Å². The van der Waals surface area contributed by atoms with Gasteiger partial charge in [-0.3, -0.25) is 4.90 Å². The lowest BCUT2D eigenvalue weighted by Gasteiger charge is -2.25. The summed E-state index contributed by atoms with van der Waals surface area (Å²) in [6.45, 7) is 5.63. The lowest BCUT2D eigenvalue weighted by molar-refractivity contribution is 0.0313. The Hall–Kier alpha value is -0.0800. The predicted octanol–water partition coefficient (Wildman–Crippen LogP) is 0.870. The molecule has 1 aliphatic heterocycles. The third-order valence-electron chi connectivity index (χ3n) is 2.39. The number of rotatable bonds is 2. The van der Waals surface area contributed by atoms with Gasteiger partial charge in [0.15, 0.2) is 0 Å². The average Bonchev–Trinajstić information content (AvgIpc) is 2.67. The molecule has 0 bridgehead atoms. The van der Waals surface area contributed by atoms with E-state index in [1.807, 2.05) is 0 Å². The Morgan fingerprint density at radius 1 is 1.60 bits per heavy atom. The van der Waals surface area contributed by atoms with Crippen molar-refractivity contribution in [3.63, 3.8) is 0 Å². The third kappa shape index (κ3) is 1.06. The quantitative estimate of drug-likeness (QED) is 0.565. The Morgan fingerprint density at radius 3 is 3.30 bits per heavy atom. The maximum atomic E-state index is 5.49. The van der Waals surface area contributed by atoms with Crippen molar-refractivity contribution in [3.8, 4) is 0 Å². The van der Waals surface area contributed by atoms with Crippen molar-refractivity contribution < 1.29 is 4.74 Å². The number of hydrogen-bond donors (Lipinski definition) is 0. The molecule has 0 aromatic carbocycles. The van der Waals surface area contributed by atoms with Crippen LogP contribution in [-0.4, -0.2) is 36.7 Å². The molecule has 0 aromatic heterocycles. The molecule has 2 unspecified atom stereocenters. The zero-order chi connectivity index (χ0) is 6.97. The minimum atomic E-state index is 0.611. The molecule has 2 nitrogen and oxygen atoms in total. The molecule has 0 aromatic rings. The third-order valence-corrected chi connectivity index (χ3v) is 2.39. The van der Waals surface area contributed by atoms with E-state index in [-0.39, 0.29) is 0 Å². The lowest BCUT2D eigenvalue weighted by atomic mass is 10.3. The summed E-state index contributed by atoms with van der Waals surface area (Å²) in [6.07, 6.45) is 3.18. The average molecular weight is 141 g/mol. The molecule has 58 valence electrons. The van der Waals surface area contributed by atoms with E-state index in [1.165, 1.54) is 19.4 Å². The summed E-state index contributed by atoms with van der Waals surface area (Å²) in [5.74, 6) is 0. The number of hydrogen-bond acceptors (Lipinski definition) is 2. The summed E-state index contributed by atoms with van der Waals surface area (Å²) >= 11 is 0. The highest BCUT2D eigenvalue weighted by Crippen LogP contribution is 2.34. The number of nitrogens with zero attached hydrogens (tertiary/aromatic N) is 1. The first-order valence-corrected chi connectivity index (χ1v) is 4.27. The van der Waals surface area contributed by atoms with Crippen LogP contribution in [0.3, 0.4) is 0 Å². The molecule has 2 fully saturated rings. The Bertz CT molecular complexity index is 124. The van der Waals surface area contributed by atoms with Gasteiger partial charge in [-0.05, 0) is 19.4 Å². The van der Waals surface area contributed by atoms with E-state index < -0.39 is 0 Å². The second-order valence-corrected chi connectivity index (χ2v) is 3.25. The van der Waals surface area contributed by atoms with Crippen LogP contribution in [0.1, 0.15) is 19.8 Å². The van der Waals surface area contributed by atoms with Gasteiger partial charge in [-0.1, -0.05) is 6.92 Å². The predicted molar refractivity (Wildman–Crippen MR) is 40.0 cm³/mol. The van der Waals surface area contributed by atoms with Crippen molar-refractivity contribution in [2.45, 2.75) is 31.9 Å². The van der Waals surface area contributed by atoms with E-state index in [2.05, 4.69) is 11.8 Å². The van der Waals surface area contributed by atoms with Crippen LogP contribution in [0, 0.1) is 0 Å². The molecule has 1 saturated heterocycles. The van der Waals surface area contributed by atoms with Gasteiger partial charge in [-0.2, -0.15) is 0 Å². The zero-order valence-electron chi connectivity index (χ0n) is 6.55. The highest BCUT2D eigenvalue weighted by molar-refractivity contribution is 4.99. The first kappa shape index (κ1) is 6.62. The van der Waals surface area contributed by atoms with Crippen molar-refractivity contribution in [2.24, 2.45) is 0 Å². The van der Waals surface area contributed by atoms with E-state index in [1.54, 1.807) is 0 Å². The summed E-state index contributed by atoms with van der Waals surface area (Å²) in [5.41, 5.74) is 0. The molecule has 2 atom stereocenters. The fourth-order valence-electron chi connectivity index (χ4n) is 1.77. The molecule has 1 aliphatic carbocycles. The van der Waals surface area contributed by atoms with E-state index in [4.69, 9.17) is 4.74 Å². The second-order valence-electron chi connectivity index (χ2n) is 3.25. The van der Waals surface area contributed by atoms with Crippen LogP contribution in [0.15, 0.2) is 0 Å². The fourth-order valence-corrected chi connectivity index (χ4v) is 1.77. The minimum absolute atomic E-state index is 0.611. The van der Waals surface area contributed by atoms with Crippen LogP contribution in [-0.2, 0) is 4.74 Å². The molecule has 1 heterocycles. The largest absolute Gasteiger partial charge is 0.375 e. The topological polar surface area (TPSA) is 12.5 Å². The first-order valence-electron chi connectivity index (χ1n) is 4.27. The molecule has 0 amide bonds. The van der Waals surface area contributed by atoms with Crippen LogP contribution in [0.2, 0.25) is 0 Å². The van der Waals surface area contributed by atoms with Gasteiger partial charge in [0.1, 0.15) is 0 Å². The molecule has 2 aliphatic rings. The van der Waals surface area contributed by atoms with Gasteiger partial charge in [0.05, 0.1) is 12.7 Å². The fraction of sp³-hybridized carbons (Fsp3) is 1.00. The summed E-state index contributed by atoms with van der Waals surface area (Å²) < 4.78 is 5.49. The van der Waals surface area contributed by atoms with Gasteiger partial charge in [0, 0.05) is 12.6 Å². The monoisotopic (exact) mass is 141 g/mol. The van der Waals surface area contributed by atoms with Crippen molar-refractivity contribution in [1.29, 1.82) is 0 Å². The van der Waals surface area contributed by atoms with Crippen molar-refractivity contribution >= 4 is 0 Å². The second kappa shape index (κ2) is 2.51. The normalized spacial score (nSPS) is 39.3. The maximum absolute atomic E-state index is 5.49. The highest BCUT2D eigenvalue weighted by Gasteiger charge is 2.44. The summed E-state index contributed by atoms with van der Waals surface area (Å²) in [4.78, 5) is 2.56. The summed E-state index contributed by atoms with van der Waals surface area (Å²) in [6, 6.07) is 0.800. The van der Waals surface area contributed by atoms with Crippen LogP contribution >= 0.6 is 0 Å². The molecule has 0 N–H and O–H groups in total. The van der Waals surface area contributed by atoms with Crippen LogP contribution in [0.25, 0.3) is 0 Å². The molecule has 10 heavy (non-hydrogen) atoms. The molecule has 1 saturated carbocycles. The van der Waals surface area contributed by atoms with Gasteiger partial charge in [-0.25, -0.2) is 0 Å². The number of morpholine rings is 1. The Labute approximate surface area is 62.2 Å². The maximum Gasteiger partial charge on any atom is 0.0747 e. The molecule has 2 rings (SSSR count). The smallest absolute Gasteiger partial charge is 0.0747 e. The number of ether oxygens (including phenoxy) is 1. The molecular formula is C8H15NO. The van der Waals surface area contributed by atoms with E-state index in [0.717, 1.165) is 19.2 Å². The van der Waals surface area contributed by atoms with Gasteiger partial charge < -0.3 is 4.74 Å². The van der Waals surface area contributed by atoms with E-state index in [0.29, 0.717) is 6.10 Å². The summed E-state index contributed by atoms with van der Waals surface area (Å²) in [7, 11) is 0. The van der Waals surface area contributed by atoms with Crippen molar-refractivity contribution in [1.82, 2.24) is 4.90 Å². The first-order chi connectivity index (χ1) is 4.92. The van der Waals surface area contributed by atoms with Crippen LogP contribution < -0.4 is 0 Å². The lowest BCUT2D eigenvalue weighted by Crippen LogP contribution is -2.37. The Morgan fingerprint density at radius 2 is 2.50 bits per heavy atom. The van der Waals surface area contributed by atoms with Gasteiger partial charge in [0.25, 0.3) is 0 Å². The summed E-state index contributed by atoms with van der Waals surface area (Å²) in [5, 5.41) is 0. The molecule has 0 spiro atoms. The van der Waals surface area contributed by atoms with Gasteiger partial charge in [-0.15, -0.1) is 0 Å². The zero-order valence-corrected chi connectivity index (χ0v) is 6.55. The minimum Gasteiger partial charge on any atom is -0.375 e. The van der Waals surface area contributed by atoms with Crippen molar-refractivity contribution in [3.05, 3.63) is 0 Å². The Balaban J connectivity index is 1.84. The molecule has 2 heteroatoms. The van der Waals surface area contributed by atoms with E-state index in [9.17, 15) is 0 Å². The van der Waals surface area contributed by atoms with Gasteiger partial charge >= 0.3 is 0 Å². The standard InChI is InChI=1S/C8H15NO/c1-2-3-9-4-5-10-8-6-7(8)9/h7-8H,2-6H2,1H3. The molecular weight excluding hydrogens is 126 g/mol. The van der Waals surface area contributed by atoms with Crippen LogP contribution in [0.4, 0.5) is 0 Å². The van der Waals surface area contributed by atoms with E-state index >= 15 is 0 Å². The SMILES string of the molecule is CCCN1CCOC2CC21. The van der Waals surface area contributed by atoms with Gasteiger partial charge in [0.2, 0.25) is 0 Å².